The van der Waals surface area contributed by atoms with E-state index in [4.69, 9.17) is 16.2 Å². The van der Waals surface area contributed by atoms with Crippen molar-refractivity contribution in [2.75, 3.05) is 0 Å². The Morgan fingerprint density at radius 2 is 1.47 bits per heavy atom. The summed E-state index contributed by atoms with van der Waals surface area (Å²) in [6.45, 7) is 0. The Kier molecular flexibility index (Phi) is 5.27. The number of benzene rings is 4. The van der Waals surface area contributed by atoms with Gasteiger partial charge in [0, 0.05) is 17.6 Å². The molecule has 4 nitrogen and oxygen atoms in total. The standard InChI is InChI=1S/C30H27N3O/c31-29(21-12-9-20(10-13-21)23-14-11-19-5-1-2-6-22(19)17-23)33-30(32)24-15-16-26-25-7-3-4-8-27(25)34-28(26)18-24/h1-17,28-30,33H,18,31-32H2. The lowest BCUT2D eigenvalue weighted by Crippen LogP contribution is -2.45. The van der Waals surface area contributed by atoms with Gasteiger partial charge in [-0.25, -0.2) is 0 Å². The van der Waals surface area contributed by atoms with E-state index in [1.165, 1.54) is 27.5 Å². The molecule has 0 spiro atoms. The molecule has 1 heterocycles. The first-order valence-corrected chi connectivity index (χ1v) is 11.7. The minimum absolute atomic E-state index is 0.0164. The van der Waals surface area contributed by atoms with Crippen LogP contribution in [0.15, 0.2) is 109 Å². The van der Waals surface area contributed by atoms with Gasteiger partial charge in [-0.1, -0.05) is 91.0 Å². The molecule has 3 atom stereocenters. The zero-order valence-electron chi connectivity index (χ0n) is 18.8. The van der Waals surface area contributed by atoms with Crippen LogP contribution in [0.2, 0.25) is 0 Å². The zero-order valence-corrected chi connectivity index (χ0v) is 18.8. The van der Waals surface area contributed by atoms with Crippen molar-refractivity contribution < 1.29 is 4.74 Å². The molecule has 6 rings (SSSR count). The van der Waals surface area contributed by atoms with Crippen LogP contribution in [0.3, 0.4) is 0 Å². The molecule has 0 bridgehead atoms. The number of hydrogen-bond acceptors (Lipinski definition) is 4. The van der Waals surface area contributed by atoms with Gasteiger partial charge in [0.2, 0.25) is 0 Å². The summed E-state index contributed by atoms with van der Waals surface area (Å²) in [5.41, 5.74) is 19.8. The molecule has 0 saturated carbocycles. The SMILES string of the molecule is NC(NC(N)c1ccc(-c2ccc3ccccc3c2)cc1)C1=CC=C2c3ccccc3OC2C1. The first-order valence-electron chi connectivity index (χ1n) is 11.7. The molecule has 1 aliphatic carbocycles. The van der Waals surface area contributed by atoms with Crippen molar-refractivity contribution in [2.24, 2.45) is 11.5 Å². The minimum Gasteiger partial charge on any atom is -0.485 e. The van der Waals surface area contributed by atoms with E-state index in [1.54, 1.807) is 0 Å². The number of nitrogens with one attached hydrogen (secondary N) is 1. The van der Waals surface area contributed by atoms with Crippen molar-refractivity contribution in [1.29, 1.82) is 0 Å². The fraction of sp³-hybridized carbons (Fsp3) is 0.133. The highest BCUT2D eigenvalue weighted by molar-refractivity contribution is 5.87. The average molecular weight is 446 g/mol. The molecule has 0 amide bonds. The molecule has 0 saturated heterocycles. The Bertz CT molecular complexity index is 1420. The van der Waals surface area contributed by atoms with Crippen LogP contribution >= 0.6 is 0 Å². The highest BCUT2D eigenvalue weighted by Gasteiger charge is 2.32. The van der Waals surface area contributed by atoms with E-state index in [0.717, 1.165) is 28.9 Å². The maximum absolute atomic E-state index is 6.50. The molecule has 4 heteroatoms. The van der Waals surface area contributed by atoms with Crippen LogP contribution < -0.4 is 21.5 Å². The van der Waals surface area contributed by atoms with Crippen LogP contribution in [0.4, 0.5) is 0 Å². The van der Waals surface area contributed by atoms with Crippen LogP contribution in [0.5, 0.6) is 5.75 Å². The topological polar surface area (TPSA) is 73.3 Å². The molecule has 1 aliphatic heterocycles. The van der Waals surface area contributed by atoms with Gasteiger partial charge in [-0.05, 0) is 45.2 Å². The molecule has 3 unspecified atom stereocenters. The van der Waals surface area contributed by atoms with Crippen molar-refractivity contribution in [3.8, 4) is 16.9 Å². The molecule has 0 aromatic heterocycles. The van der Waals surface area contributed by atoms with Crippen molar-refractivity contribution in [1.82, 2.24) is 5.32 Å². The predicted molar refractivity (Wildman–Crippen MR) is 139 cm³/mol. The molecule has 4 aromatic carbocycles. The average Bonchev–Trinajstić information content (AvgIpc) is 3.26. The van der Waals surface area contributed by atoms with Crippen molar-refractivity contribution in [2.45, 2.75) is 24.9 Å². The van der Waals surface area contributed by atoms with E-state index in [2.05, 4.69) is 90.3 Å². The largest absolute Gasteiger partial charge is 0.485 e. The van der Waals surface area contributed by atoms with Crippen LogP contribution in [0, 0.1) is 0 Å². The third kappa shape index (κ3) is 3.82. The number of fused-ring (bicyclic) bond motifs is 4. The number of rotatable bonds is 5. The van der Waals surface area contributed by atoms with Gasteiger partial charge in [0.05, 0.1) is 12.3 Å². The maximum atomic E-state index is 6.50. The predicted octanol–water partition coefficient (Wildman–Crippen LogP) is 5.51. The Morgan fingerprint density at radius 1 is 0.735 bits per heavy atom. The van der Waals surface area contributed by atoms with E-state index >= 15 is 0 Å². The molecule has 34 heavy (non-hydrogen) atoms. The summed E-state index contributed by atoms with van der Waals surface area (Å²) in [6, 6.07) is 31.5. The highest BCUT2D eigenvalue weighted by Crippen LogP contribution is 2.41. The Morgan fingerprint density at radius 3 is 2.32 bits per heavy atom. The van der Waals surface area contributed by atoms with Gasteiger partial charge in [0.1, 0.15) is 11.9 Å². The summed E-state index contributed by atoms with van der Waals surface area (Å²) in [5, 5.41) is 5.83. The van der Waals surface area contributed by atoms with Gasteiger partial charge in [0.25, 0.3) is 0 Å². The number of hydrogen-bond donors (Lipinski definition) is 3. The maximum Gasteiger partial charge on any atom is 0.128 e. The lowest BCUT2D eigenvalue weighted by atomic mass is 9.91. The first-order chi connectivity index (χ1) is 16.7. The van der Waals surface area contributed by atoms with E-state index in [0.29, 0.717) is 0 Å². The van der Waals surface area contributed by atoms with Gasteiger partial charge >= 0.3 is 0 Å². The van der Waals surface area contributed by atoms with Crippen molar-refractivity contribution >= 4 is 16.3 Å². The summed E-state index contributed by atoms with van der Waals surface area (Å²) in [7, 11) is 0. The normalized spacial score (nSPS) is 18.4. The van der Waals surface area contributed by atoms with E-state index in [9.17, 15) is 0 Å². The smallest absolute Gasteiger partial charge is 0.128 e. The second kappa shape index (κ2) is 8.58. The zero-order chi connectivity index (χ0) is 23.1. The fourth-order valence-corrected chi connectivity index (χ4v) is 4.90. The van der Waals surface area contributed by atoms with Gasteiger partial charge in [0.15, 0.2) is 0 Å². The quantitative estimate of drug-likeness (QED) is 0.354. The van der Waals surface area contributed by atoms with Crippen LogP contribution in [-0.2, 0) is 0 Å². The van der Waals surface area contributed by atoms with Crippen LogP contribution in [0.1, 0.15) is 23.7 Å². The Balaban J connectivity index is 1.14. The summed E-state index contributed by atoms with van der Waals surface area (Å²) < 4.78 is 6.14. The lowest BCUT2D eigenvalue weighted by molar-refractivity contribution is 0.270. The first kappa shape index (κ1) is 20.9. The van der Waals surface area contributed by atoms with Gasteiger partial charge < -0.3 is 16.2 Å². The van der Waals surface area contributed by atoms with Crippen LogP contribution in [-0.4, -0.2) is 12.3 Å². The summed E-state index contributed by atoms with van der Waals surface area (Å²) in [5.74, 6) is 0.943. The molecule has 4 aromatic rings. The molecule has 0 radical (unpaired) electrons. The third-order valence-electron chi connectivity index (χ3n) is 6.82. The summed E-state index contributed by atoms with van der Waals surface area (Å²) in [4.78, 5) is 0. The van der Waals surface area contributed by atoms with Gasteiger partial charge in [-0.15, -0.1) is 0 Å². The third-order valence-corrected chi connectivity index (χ3v) is 6.82. The molecular formula is C30H27N3O. The molecular weight excluding hydrogens is 418 g/mol. The van der Waals surface area contributed by atoms with E-state index in [-0.39, 0.29) is 18.4 Å². The highest BCUT2D eigenvalue weighted by atomic mass is 16.5. The molecule has 5 N–H and O–H groups in total. The number of allylic oxidation sites excluding steroid dienone is 2. The molecule has 2 aliphatic rings. The lowest BCUT2D eigenvalue weighted by Gasteiger charge is -2.26. The van der Waals surface area contributed by atoms with E-state index in [1.807, 2.05) is 18.2 Å². The second-order valence-corrected chi connectivity index (χ2v) is 8.98. The van der Waals surface area contributed by atoms with E-state index < -0.39 is 0 Å². The minimum atomic E-state index is -0.367. The molecule has 168 valence electrons. The summed E-state index contributed by atoms with van der Waals surface area (Å²) >= 11 is 0. The van der Waals surface area contributed by atoms with Gasteiger partial charge in [-0.2, -0.15) is 0 Å². The van der Waals surface area contributed by atoms with Crippen LogP contribution in [0.25, 0.3) is 27.5 Å². The summed E-state index contributed by atoms with van der Waals surface area (Å²) in [6.07, 6.45) is 4.28. The van der Waals surface area contributed by atoms with Gasteiger partial charge in [-0.3, -0.25) is 5.32 Å². The van der Waals surface area contributed by atoms with Crippen molar-refractivity contribution in [3.63, 3.8) is 0 Å². The number of para-hydroxylation sites is 1. The monoisotopic (exact) mass is 445 g/mol. The number of ether oxygens (including phenoxy) is 1. The number of nitrogens with two attached hydrogens (primary N) is 2. The second-order valence-electron chi connectivity index (χ2n) is 8.98. The Labute approximate surface area is 199 Å². The van der Waals surface area contributed by atoms with Crippen molar-refractivity contribution in [3.05, 3.63) is 120 Å². The molecule has 0 fully saturated rings. The Hall–Kier alpha value is -3.70. The fourth-order valence-electron chi connectivity index (χ4n) is 4.90.